The van der Waals surface area contributed by atoms with Gasteiger partial charge < -0.3 is 9.72 Å². The van der Waals surface area contributed by atoms with Crippen molar-refractivity contribution in [2.45, 2.75) is 20.3 Å². The zero-order valence-electron chi connectivity index (χ0n) is 9.57. The summed E-state index contributed by atoms with van der Waals surface area (Å²) in [7, 11) is 0. The molecule has 0 aliphatic rings. The van der Waals surface area contributed by atoms with Crippen molar-refractivity contribution in [3.05, 3.63) is 27.7 Å². The van der Waals surface area contributed by atoms with Gasteiger partial charge in [0.2, 0.25) is 5.56 Å². The van der Waals surface area contributed by atoms with Crippen LogP contribution in [0.1, 0.15) is 29.9 Å². The summed E-state index contributed by atoms with van der Waals surface area (Å²) in [4.78, 5) is 26.5. The number of carbonyl (C=O) groups excluding carboxylic acids is 1. The molecule has 5 nitrogen and oxygen atoms in total. The molecule has 0 atom stereocenters. The van der Waals surface area contributed by atoms with Crippen molar-refractivity contribution in [1.29, 1.82) is 0 Å². The summed E-state index contributed by atoms with van der Waals surface area (Å²) in [6.07, 6.45) is 0.707. The van der Waals surface area contributed by atoms with E-state index in [-0.39, 0.29) is 12.2 Å². The monoisotopic (exact) mass is 252 g/mol. The number of esters is 1. The van der Waals surface area contributed by atoms with Gasteiger partial charge in [0.1, 0.15) is 4.83 Å². The summed E-state index contributed by atoms with van der Waals surface area (Å²) in [5.41, 5.74) is 0.798. The molecule has 0 unspecified atom stereocenters. The van der Waals surface area contributed by atoms with E-state index in [0.717, 1.165) is 5.69 Å². The van der Waals surface area contributed by atoms with E-state index in [2.05, 4.69) is 9.36 Å². The van der Waals surface area contributed by atoms with Crippen LogP contribution in [0.15, 0.2) is 10.9 Å². The van der Waals surface area contributed by atoms with E-state index in [4.69, 9.17) is 4.74 Å². The topological polar surface area (TPSA) is 72.1 Å². The predicted molar refractivity (Wildman–Crippen MR) is 65.6 cm³/mol. The van der Waals surface area contributed by atoms with Gasteiger partial charge in [-0.3, -0.25) is 4.79 Å². The maximum atomic E-state index is 11.8. The number of rotatable bonds is 3. The lowest BCUT2D eigenvalue weighted by Gasteiger charge is -2.03. The molecule has 6 heteroatoms. The van der Waals surface area contributed by atoms with Crippen molar-refractivity contribution in [3.8, 4) is 0 Å². The average molecular weight is 252 g/mol. The maximum absolute atomic E-state index is 11.8. The molecule has 17 heavy (non-hydrogen) atoms. The molecule has 0 fully saturated rings. The molecule has 0 saturated carbocycles. The van der Waals surface area contributed by atoms with Gasteiger partial charge in [-0.2, -0.15) is 4.37 Å². The minimum Gasteiger partial charge on any atom is -0.462 e. The molecule has 0 aliphatic carbocycles. The van der Waals surface area contributed by atoms with Crippen LogP contribution in [0, 0.1) is 0 Å². The third kappa shape index (κ3) is 2.08. The van der Waals surface area contributed by atoms with Gasteiger partial charge in [0.15, 0.2) is 0 Å². The third-order valence-electron chi connectivity index (χ3n) is 2.37. The largest absolute Gasteiger partial charge is 0.462 e. The highest BCUT2D eigenvalue weighted by molar-refractivity contribution is 7.13. The Balaban J connectivity index is 2.70. The second-order valence-corrected chi connectivity index (χ2v) is 4.23. The van der Waals surface area contributed by atoms with Gasteiger partial charge in [-0.15, -0.1) is 0 Å². The van der Waals surface area contributed by atoms with Gasteiger partial charge in [-0.25, -0.2) is 4.79 Å². The summed E-state index contributed by atoms with van der Waals surface area (Å²) >= 11 is 1.19. The Morgan fingerprint density at radius 2 is 2.29 bits per heavy atom. The zero-order valence-corrected chi connectivity index (χ0v) is 10.4. The summed E-state index contributed by atoms with van der Waals surface area (Å²) in [5, 5.41) is 0.704. The summed E-state index contributed by atoms with van der Waals surface area (Å²) in [6.45, 7) is 3.97. The van der Waals surface area contributed by atoms with E-state index in [9.17, 15) is 9.59 Å². The molecular formula is C11H12N2O3S. The predicted octanol–water partition coefficient (Wildman–Crippen LogP) is 1.72. The Hall–Kier alpha value is -1.69. The maximum Gasteiger partial charge on any atom is 0.339 e. The molecule has 2 heterocycles. The van der Waals surface area contributed by atoms with Gasteiger partial charge in [-0.05, 0) is 24.9 Å². The lowest BCUT2D eigenvalue weighted by molar-refractivity contribution is 0.0528. The molecule has 0 aliphatic heterocycles. The molecule has 0 spiro atoms. The van der Waals surface area contributed by atoms with E-state index in [0.29, 0.717) is 22.2 Å². The minimum absolute atomic E-state index is 0.284. The van der Waals surface area contributed by atoms with Crippen LogP contribution < -0.4 is 5.56 Å². The van der Waals surface area contributed by atoms with Crippen molar-refractivity contribution in [1.82, 2.24) is 9.36 Å². The van der Waals surface area contributed by atoms with Crippen LogP contribution in [0.25, 0.3) is 10.2 Å². The fraction of sp³-hybridized carbons (Fsp3) is 0.364. The first kappa shape index (κ1) is 11.8. The quantitative estimate of drug-likeness (QED) is 0.844. The third-order valence-corrected chi connectivity index (χ3v) is 3.17. The molecule has 2 aromatic rings. The number of aryl methyl sites for hydroxylation is 1. The van der Waals surface area contributed by atoms with E-state index >= 15 is 0 Å². The summed E-state index contributed by atoms with van der Waals surface area (Å²) < 4.78 is 9.17. The first-order valence-corrected chi connectivity index (χ1v) is 6.13. The van der Waals surface area contributed by atoms with Crippen molar-refractivity contribution >= 4 is 27.7 Å². The van der Waals surface area contributed by atoms with Gasteiger partial charge in [0.05, 0.1) is 17.9 Å². The van der Waals surface area contributed by atoms with E-state index < -0.39 is 5.97 Å². The number of fused-ring (bicyclic) bond motifs is 1. The number of hydrogen-bond donors (Lipinski definition) is 1. The van der Waals surface area contributed by atoms with Gasteiger partial charge >= 0.3 is 5.97 Å². The number of ether oxygens (including phenoxy) is 1. The number of nitrogens with zero attached hydrogens (tertiary/aromatic N) is 1. The molecule has 0 radical (unpaired) electrons. The van der Waals surface area contributed by atoms with Crippen molar-refractivity contribution < 1.29 is 9.53 Å². The molecular weight excluding hydrogens is 240 g/mol. The van der Waals surface area contributed by atoms with Crippen LogP contribution in [0.3, 0.4) is 0 Å². The first-order valence-electron chi connectivity index (χ1n) is 5.36. The Morgan fingerprint density at radius 3 is 2.94 bits per heavy atom. The second kappa shape index (κ2) is 4.67. The lowest BCUT2D eigenvalue weighted by atomic mass is 10.1. The standard InChI is InChI=1S/C11H12N2O3S/c1-3-7-9-6(11(15)16-4-2)5-8(14)12-10(9)17-13-7/h5H,3-4H2,1-2H3,(H,12,14). The van der Waals surface area contributed by atoms with Gasteiger partial charge in [0.25, 0.3) is 0 Å². The molecule has 2 rings (SSSR count). The van der Waals surface area contributed by atoms with E-state index in [1.165, 1.54) is 17.6 Å². The SMILES string of the molecule is CCOC(=O)c1cc(=O)[nH]c2snc(CC)c12. The highest BCUT2D eigenvalue weighted by Gasteiger charge is 2.17. The average Bonchev–Trinajstić information content (AvgIpc) is 2.70. The smallest absolute Gasteiger partial charge is 0.339 e. The van der Waals surface area contributed by atoms with Crippen LogP contribution >= 0.6 is 11.5 Å². The highest BCUT2D eigenvalue weighted by atomic mass is 32.1. The molecule has 1 N–H and O–H groups in total. The number of pyridine rings is 1. The number of nitrogens with one attached hydrogen (secondary N) is 1. The molecule has 0 amide bonds. The molecule has 90 valence electrons. The number of aromatic amines is 1. The molecule has 2 aromatic heterocycles. The minimum atomic E-state index is -0.474. The Bertz CT molecular complexity index is 615. The normalized spacial score (nSPS) is 10.7. The van der Waals surface area contributed by atoms with Crippen LogP contribution in [-0.2, 0) is 11.2 Å². The van der Waals surface area contributed by atoms with Gasteiger partial charge in [0, 0.05) is 11.5 Å². The molecule has 0 saturated heterocycles. The number of H-pyrrole nitrogens is 1. The van der Waals surface area contributed by atoms with Crippen LogP contribution in [0.5, 0.6) is 0 Å². The second-order valence-electron chi connectivity index (χ2n) is 3.45. The summed E-state index contributed by atoms with van der Waals surface area (Å²) in [5.74, 6) is -0.474. The Labute approximate surface area is 102 Å². The number of aromatic nitrogens is 2. The fourth-order valence-corrected chi connectivity index (χ4v) is 2.54. The summed E-state index contributed by atoms with van der Waals surface area (Å²) in [6, 6.07) is 1.27. The Morgan fingerprint density at radius 1 is 1.53 bits per heavy atom. The van der Waals surface area contributed by atoms with Crippen LogP contribution in [-0.4, -0.2) is 21.9 Å². The number of hydrogen-bond acceptors (Lipinski definition) is 5. The first-order chi connectivity index (χ1) is 8.17. The van der Waals surface area contributed by atoms with E-state index in [1.54, 1.807) is 6.92 Å². The van der Waals surface area contributed by atoms with Crippen LogP contribution in [0.2, 0.25) is 0 Å². The lowest BCUT2D eigenvalue weighted by Crippen LogP contribution is -2.12. The molecule has 0 aromatic carbocycles. The Kier molecular flexibility index (Phi) is 3.23. The van der Waals surface area contributed by atoms with E-state index in [1.807, 2.05) is 6.92 Å². The molecule has 0 bridgehead atoms. The highest BCUT2D eigenvalue weighted by Crippen LogP contribution is 2.24. The number of carbonyl (C=O) groups is 1. The van der Waals surface area contributed by atoms with Gasteiger partial charge in [-0.1, -0.05) is 6.92 Å². The van der Waals surface area contributed by atoms with Crippen LogP contribution in [0.4, 0.5) is 0 Å². The zero-order chi connectivity index (χ0) is 12.4. The van der Waals surface area contributed by atoms with Crippen molar-refractivity contribution in [2.75, 3.05) is 6.61 Å². The van der Waals surface area contributed by atoms with Crippen molar-refractivity contribution in [2.24, 2.45) is 0 Å². The fourth-order valence-electron chi connectivity index (χ4n) is 1.65. The van der Waals surface area contributed by atoms with Crippen molar-refractivity contribution in [3.63, 3.8) is 0 Å².